The van der Waals surface area contributed by atoms with Crippen LogP contribution in [0, 0.1) is 16.7 Å². The number of allylic oxidation sites excluding steroid dienone is 5. The van der Waals surface area contributed by atoms with Crippen molar-refractivity contribution in [2.24, 2.45) is 16.7 Å². The molecule has 5 nitrogen and oxygen atoms in total. The third-order valence-electron chi connectivity index (χ3n) is 10.3. The largest absolute Gasteiger partial charge is 0.455 e. The molecule has 1 fully saturated rings. The Morgan fingerprint density at radius 2 is 1.88 bits per heavy atom. The van der Waals surface area contributed by atoms with E-state index in [0.717, 1.165) is 24.8 Å². The Hall–Kier alpha value is -1.98. The average Bonchev–Trinajstić information content (AvgIpc) is 3.05. The summed E-state index contributed by atoms with van der Waals surface area (Å²) in [4.78, 5) is 25.5. The molecule has 2 N–H and O–H groups in total. The van der Waals surface area contributed by atoms with Crippen molar-refractivity contribution in [1.82, 2.24) is 0 Å². The standard InChI is InChI=1S/C28H36O5/c1-16-15-23(33-24(30)17(16)2)27(5,31)28(32)14-12-20-19-10-9-18-7-6-8-22(29)26(18,4)21(19)11-13-25(20,28)3/h6,8-9,21,23,31-32H,7,10-15H2,1-5H3/t21-,23+,25-,26-,27-,28+/m0/s1. The summed E-state index contributed by atoms with van der Waals surface area (Å²) in [6, 6.07) is 0. The van der Waals surface area contributed by atoms with Gasteiger partial charge in [-0.15, -0.1) is 0 Å². The third kappa shape index (κ3) is 2.72. The number of carbonyl (C=O) groups excluding carboxylic acids is 2. The Labute approximate surface area is 196 Å². The molecular weight excluding hydrogens is 416 g/mol. The van der Waals surface area contributed by atoms with E-state index in [2.05, 4.69) is 19.9 Å². The van der Waals surface area contributed by atoms with E-state index in [1.54, 1.807) is 19.9 Å². The zero-order valence-corrected chi connectivity index (χ0v) is 20.5. The molecule has 0 spiro atoms. The number of hydrogen-bond acceptors (Lipinski definition) is 5. The highest BCUT2D eigenvalue weighted by molar-refractivity contribution is 5.99. The van der Waals surface area contributed by atoms with Gasteiger partial charge in [0.2, 0.25) is 0 Å². The van der Waals surface area contributed by atoms with E-state index in [0.29, 0.717) is 31.3 Å². The summed E-state index contributed by atoms with van der Waals surface area (Å²) in [5, 5.41) is 24.1. The Balaban J connectivity index is 1.56. The minimum atomic E-state index is -1.60. The second-order valence-electron chi connectivity index (χ2n) is 11.5. The van der Waals surface area contributed by atoms with Crippen LogP contribution in [0.4, 0.5) is 0 Å². The first-order chi connectivity index (χ1) is 15.4. The van der Waals surface area contributed by atoms with Crippen molar-refractivity contribution in [3.8, 4) is 0 Å². The zero-order chi connectivity index (χ0) is 24.0. The van der Waals surface area contributed by atoms with Gasteiger partial charge in [0.15, 0.2) is 5.78 Å². The molecule has 4 aliphatic carbocycles. The molecule has 0 aromatic carbocycles. The molecular formula is C28H36O5. The second kappa shape index (κ2) is 7.02. The molecule has 0 aromatic heterocycles. The Kier molecular flexibility index (Phi) is 4.85. The number of rotatable bonds is 2. The van der Waals surface area contributed by atoms with Crippen molar-refractivity contribution < 1.29 is 24.5 Å². The van der Waals surface area contributed by atoms with Crippen molar-refractivity contribution in [2.75, 3.05) is 0 Å². The topological polar surface area (TPSA) is 83.8 Å². The lowest BCUT2D eigenvalue weighted by Crippen LogP contribution is -2.66. The number of esters is 1. The quantitative estimate of drug-likeness (QED) is 0.476. The van der Waals surface area contributed by atoms with Crippen LogP contribution in [-0.2, 0) is 14.3 Å². The van der Waals surface area contributed by atoms with Crippen LogP contribution in [0.3, 0.4) is 0 Å². The molecule has 5 heteroatoms. The van der Waals surface area contributed by atoms with Crippen LogP contribution < -0.4 is 0 Å². The molecule has 5 rings (SSSR count). The van der Waals surface area contributed by atoms with Crippen LogP contribution in [0.15, 0.2) is 46.1 Å². The fourth-order valence-electron chi connectivity index (χ4n) is 7.72. The highest BCUT2D eigenvalue weighted by atomic mass is 16.6. The maximum absolute atomic E-state index is 13.1. The monoisotopic (exact) mass is 452 g/mol. The van der Waals surface area contributed by atoms with Crippen molar-refractivity contribution in [2.45, 2.75) is 96.9 Å². The summed E-state index contributed by atoms with van der Waals surface area (Å²) in [7, 11) is 0. The van der Waals surface area contributed by atoms with Gasteiger partial charge in [-0.2, -0.15) is 0 Å². The zero-order valence-electron chi connectivity index (χ0n) is 20.5. The molecule has 0 bridgehead atoms. The van der Waals surface area contributed by atoms with Gasteiger partial charge < -0.3 is 14.9 Å². The van der Waals surface area contributed by atoms with E-state index in [1.165, 1.54) is 16.7 Å². The van der Waals surface area contributed by atoms with E-state index in [4.69, 9.17) is 4.74 Å². The number of hydrogen-bond donors (Lipinski definition) is 2. The normalized spacial score (nSPS) is 42.3. The number of ketones is 1. The number of aliphatic hydroxyl groups is 2. The Bertz CT molecular complexity index is 1070. The summed E-state index contributed by atoms with van der Waals surface area (Å²) in [6.07, 6.45) is 9.78. The number of ether oxygens (including phenoxy) is 1. The molecule has 0 radical (unpaired) electrons. The van der Waals surface area contributed by atoms with Crippen LogP contribution in [0.25, 0.3) is 0 Å². The van der Waals surface area contributed by atoms with Crippen LogP contribution in [0.5, 0.6) is 0 Å². The highest BCUT2D eigenvalue weighted by Crippen LogP contribution is 2.66. The van der Waals surface area contributed by atoms with E-state index >= 15 is 0 Å². The fourth-order valence-corrected chi connectivity index (χ4v) is 7.72. The maximum atomic E-state index is 13.1. The molecule has 33 heavy (non-hydrogen) atoms. The molecule has 5 aliphatic rings. The van der Waals surface area contributed by atoms with E-state index in [9.17, 15) is 19.8 Å². The molecule has 1 aliphatic heterocycles. The van der Waals surface area contributed by atoms with E-state index in [-0.39, 0.29) is 11.7 Å². The van der Waals surface area contributed by atoms with Crippen molar-refractivity contribution in [3.63, 3.8) is 0 Å². The predicted octanol–water partition coefficient (Wildman–Crippen LogP) is 4.49. The summed E-state index contributed by atoms with van der Waals surface area (Å²) in [6.45, 7) is 9.43. The summed E-state index contributed by atoms with van der Waals surface area (Å²) >= 11 is 0. The second-order valence-corrected chi connectivity index (χ2v) is 11.5. The molecule has 6 atom stereocenters. The lowest BCUT2D eigenvalue weighted by atomic mass is 9.51. The fraction of sp³-hybridized carbons (Fsp3) is 0.643. The minimum absolute atomic E-state index is 0.144. The molecule has 178 valence electrons. The SMILES string of the molecule is CC1=C(C)C(=O)O[C@@H]([C@](C)(O)[C@@]2(O)CCC3=C4CC=C5CC=CC(=O)[C@]5(C)[C@H]4CC[C@@]32C)C1. The predicted molar refractivity (Wildman–Crippen MR) is 125 cm³/mol. The molecule has 0 amide bonds. The summed E-state index contributed by atoms with van der Waals surface area (Å²) < 4.78 is 5.66. The Morgan fingerprint density at radius 3 is 2.58 bits per heavy atom. The Morgan fingerprint density at radius 1 is 1.15 bits per heavy atom. The van der Waals surface area contributed by atoms with Gasteiger partial charge in [0.05, 0.1) is 5.41 Å². The number of fused-ring (bicyclic) bond motifs is 4. The van der Waals surface area contributed by atoms with Crippen LogP contribution >= 0.6 is 0 Å². The first kappa shape index (κ1) is 22.8. The van der Waals surface area contributed by atoms with Crippen molar-refractivity contribution in [1.29, 1.82) is 0 Å². The van der Waals surface area contributed by atoms with E-state index in [1.807, 2.05) is 13.0 Å². The van der Waals surface area contributed by atoms with Gasteiger partial charge in [-0.3, -0.25) is 4.79 Å². The molecule has 0 aromatic rings. The average molecular weight is 453 g/mol. The maximum Gasteiger partial charge on any atom is 0.334 e. The number of carbonyl (C=O) groups is 2. The smallest absolute Gasteiger partial charge is 0.334 e. The van der Waals surface area contributed by atoms with Gasteiger partial charge in [0.1, 0.15) is 17.3 Å². The lowest BCUT2D eigenvalue weighted by molar-refractivity contribution is -0.235. The minimum Gasteiger partial charge on any atom is -0.455 e. The lowest BCUT2D eigenvalue weighted by Gasteiger charge is -2.56. The molecule has 0 unspecified atom stereocenters. The highest BCUT2D eigenvalue weighted by Gasteiger charge is 2.67. The van der Waals surface area contributed by atoms with Gasteiger partial charge in [-0.1, -0.05) is 41.4 Å². The number of cyclic esters (lactones) is 1. The van der Waals surface area contributed by atoms with Gasteiger partial charge in [0.25, 0.3) is 0 Å². The van der Waals surface area contributed by atoms with E-state index < -0.39 is 34.1 Å². The van der Waals surface area contributed by atoms with Crippen molar-refractivity contribution >= 4 is 11.8 Å². The van der Waals surface area contributed by atoms with Gasteiger partial charge in [-0.25, -0.2) is 4.79 Å². The van der Waals surface area contributed by atoms with Gasteiger partial charge >= 0.3 is 5.97 Å². The van der Waals surface area contributed by atoms with Gasteiger partial charge in [0, 0.05) is 17.4 Å². The molecule has 1 saturated carbocycles. The molecule has 1 heterocycles. The van der Waals surface area contributed by atoms with Crippen LogP contribution in [-0.4, -0.2) is 39.3 Å². The van der Waals surface area contributed by atoms with Gasteiger partial charge in [-0.05, 0) is 78.2 Å². The molecule has 0 saturated heterocycles. The third-order valence-corrected chi connectivity index (χ3v) is 10.3. The summed E-state index contributed by atoms with van der Waals surface area (Å²) in [5.41, 5.74) is 1.02. The first-order valence-corrected chi connectivity index (χ1v) is 12.3. The van der Waals surface area contributed by atoms with Crippen LogP contribution in [0.2, 0.25) is 0 Å². The first-order valence-electron chi connectivity index (χ1n) is 12.3. The van der Waals surface area contributed by atoms with Crippen molar-refractivity contribution in [3.05, 3.63) is 46.1 Å². The van der Waals surface area contributed by atoms with Crippen LogP contribution in [0.1, 0.15) is 79.6 Å². The summed E-state index contributed by atoms with van der Waals surface area (Å²) in [5.74, 6) is -0.0936.